The molecule has 0 aliphatic carbocycles. The minimum Gasteiger partial charge on any atom is -0.312 e. The zero-order chi connectivity index (χ0) is 13.8. The van der Waals surface area contributed by atoms with Crippen molar-refractivity contribution in [2.45, 2.75) is 33.5 Å². The van der Waals surface area contributed by atoms with Crippen LogP contribution >= 0.6 is 0 Å². The maximum Gasteiger partial charge on any atom is 0.416 e. The first-order valence-corrected chi connectivity index (χ1v) is 6.18. The molecule has 0 aliphatic heterocycles. The smallest absolute Gasteiger partial charge is 0.312 e. The quantitative estimate of drug-likeness (QED) is 0.840. The lowest BCUT2D eigenvalue weighted by molar-refractivity contribution is -0.138. The monoisotopic (exact) mass is 259 g/mol. The highest BCUT2D eigenvalue weighted by atomic mass is 19.4. The third-order valence-corrected chi connectivity index (χ3v) is 3.24. The molecule has 102 valence electrons. The molecule has 1 nitrogen and oxygen atoms in total. The van der Waals surface area contributed by atoms with E-state index in [-0.39, 0.29) is 6.54 Å². The molecule has 0 fully saturated rings. The molecule has 0 aliphatic rings. The van der Waals surface area contributed by atoms with Crippen molar-refractivity contribution in [3.05, 3.63) is 35.4 Å². The van der Waals surface area contributed by atoms with Crippen LogP contribution in [0.2, 0.25) is 0 Å². The molecular weight excluding hydrogens is 239 g/mol. The molecule has 0 amide bonds. The number of hydrogen-bond acceptors (Lipinski definition) is 1. The highest BCUT2D eigenvalue weighted by molar-refractivity contribution is 5.29. The second kappa shape index (κ2) is 6.23. The molecule has 0 aromatic heterocycles. The van der Waals surface area contributed by atoms with Crippen LogP contribution in [0, 0.1) is 11.8 Å². The van der Waals surface area contributed by atoms with Crippen LogP contribution in [0.5, 0.6) is 0 Å². The summed E-state index contributed by atoms with van der Waals surface area (Å²) in [6, 6.07) is 5.71. The van der Waals surface area contributed by atoms with E-state index in [0.29, 0.717) is 17.4 Å². The van der Waals surface area contributed by atoms with Crippen LogP contribution in [0.3, 0.4) is 0 Å². The largest absolute Gasteiger partial charge is 0.416 e. The normalized spacial score (nSPS) is 13.9. The Bertz CT molecular complexity index is 372. The first-order chi connectivity index (χ1) is 8.32. The molecule has 1 rings (SSSR count). The number of hydrogen-bond donors (Lipinski definition) is 1. The van der Waals surface area contributed by atoms with Gasteiger partial charge >= 0.3 is 6.18 Å². The number of rotatable bonds is 5. The summed E-state index contributed by atoms with van der Waals surface area (Å²) in [5, 5.41) is 3.10. The van der Waals surface area contributed by atoms with Gasteiger partial charge in [-0.05, 0) is 30.0 Å². The van der Waals surface area contributed by atoms with E-state index in [9.17, 15) is 13.2 Å². The van der Waals surface area contributed by atoms with E-state index in [4.69, 9.17) is 0 Å². The molecule has 1 unspecified atom stereocenters. The van der Waals surface area contributed by atoms with Crippen molar-refractivity contribution in [2.75, 3.05) is 6.54 Å². The van der Waals surface area contributed by atoms with Crippen LogP contribution in [-0.2, 0) is 12.7 Å². The van der Waals surface area contributed by atoms with E-state index in [0.717, 1.165) is 12.6 Å². The van der Waals surface area contributed by atoms with Gasteiger partial charge < -0.3 is 5.32 Å². The van der Waals surface area contributed by atoms with Gasteiger partial charge in [0.25, 0.3) is 0 Å². The molecule has 4 heteroatoms. The summed E-state index contributed by atoms with van der Waals surface area (Å²) in [4.78, 5) is 0. The van der Waals surface area contributed by atoms with Crippen molar-refractivity contribution >= 4 is 0 Å². The van der Waals surface area contributed by atoms with Gasteiger partial charge in [0.15, 0.2) is 0 Å². The Kier molecular flexibility index (Phi) is 5.20. The molecule has 0 saturated heterocycles. The van der Waals surface area contributed by atoms with E-state index < -0.39 is 11.7 Å². The molecule has 0 bridgehead atoms. The molecule has 0 spiro atoms. The van der Waals surface area contributed by atoms with Gasteiger partial charge in [-0.2, -0.15) is 13.2 Å². The van der Waals surface area contributed by atoms with Crippen molar-refractivity contribution in [2.24, 2.45) is 11.8 Å². The van der Waals surface area contributed by atoms with Crippen LogP contribution in [-0.4, -0.2) is 6.54 Å². The lowest BCUT2D eigenvalue weighted by Gasteiger charge is -2.17. The van der Waals surface area contributed by atoms with Crippen LogP contribution in [0.15, 0.2) is 24.3 Å². The van der Waals surface area contributed by atoms with Crippen molar-refractivity contribution in [3.63, 3.8) is 0 Å². The third kappa shape index (κ3) is 4.33. The maximum atomic E-state index is 12.7. The average Bonchev–Trinajstić information content (AvgIpc) is 2.28. The molecule has 1 aromatic rings. The van der Waals surface area contributed by atoms with Crippen molar-refractivity contribution < 1.29 is 13.2 Å². The topological polar surface area (TPSA) is 12.0 Å². The first kappa shape index (κ1) is 15.0. The average molecular weight is 259 g/mol. The number of halogens is 3. The molecule has 0 radical (unpaired) electrons. The van der Waals surface area contributed by atoms with Crippen LogP contribution in [0.4, 0.5) is 13.2 Å². The van der Waals surface area contributed by atoms with E-state index in [1.165, 1.54) is 12.1 Å². The zero-order valence-electron chi connectivity index (χ0n) is 11.0. The molecule has 18 heavy (non-hydrogen) atoms. The fourth-order valence-electron chi connectivity index (χ4n) is 1.62. The predicted octanol–water partition coefficient (Wildman–Crippen LogP) is 4.09. The van der Waals surface area contributed by atoms with Crippen LogP contribution in [0.1, 0.15) is 31.9 Å². The van der Waals surface area contributed by atoms with Gasteiger partial charge in [-0.25, -0.2) is 0 Å². The van der Waals surface area contributed by atoms with E-state index >= 15 is 0 Å². The summed E-state index contributed by atoms with van der Waals surface area (Å²) in [7, 11) is 0. The zero-order valence-corrected chi connectivity index (χ0v) is 11.0. The lowest BCUT2D eigenvalue weighted by Crippen LogP contribution is -2.25. The lowest BCUT2D eigenvalue weighted by atomic mass is 9.98. The van der Waals surface area contributed by atoms with Crippen LogP contribution in [0.25, 0.3) is 0 Å². The molecule has 1 atom stereocenters. The van der Waals surface area contributed by atoms with E-state index in [1.54, 1.807) is 6.07 Å². The fourth-order valence-corrected chi connectivity index (χ4v) is 1.62. The first-order valence-electron chi connectivity index (χ1n) is 6.18. The highest BCUT2D eigenvalue weighted by Gasteiger charge is 2.32. The predicted molar refractivity (Wildman–Crippen MR) is 67.2 cm³/mol. The summed E-state index contributed by atoms with van der Waals surface area (Å²) in [5.41, 5.74) is -0.240. The number of benzene rings is 1. The Balaban J connectivity index is 2.63. The van der Waals surface area contributed by atoms with Crippen LogP contribution < -0.4 is 5.32 Å². The van der Waals surface area contributed by atoms with Gasteiger partial charge in [0.2, 0.25) is 0 Å². The van der Waals surface area contributed by atoms with Gasteiger partial charge in [-0.3, -0.25) is 0 Å². The standard InChI is InChI=1S/C14H20F3N/c1-10(2)11(3)8-18-9-12-6-4-5-7-13(12)14(15,16)17/h4-7,10-11,18H,8-9H2,1-3H3. The maximum absolute atomic E-state index is 12.7. The summed E-state index contributed by atoms with van der Waals surface area (Å²) in [5.74, 6) is 0.971. The van der Waals surface area contributed by atoms with Gasteiger partial charge in [0.05, 0.1) is 5.56 Å². The second-order valence-corrected chi connectivity index (χ2v) is 5.01. The van der Waals surface area contributed by atoms with E-state index in [2.05, 4.69) is 26.1 Å². The van der Waals surface area contributed by atoms with Gasteiger partial charge in [0, 0.05) is 6.54 Å². The molecule has 0 heterocycles. The molecule has 1 N–H and O–H groups in total. The van der Waals surface area contributed by atoms with Crippen molar-refractivity contribution in [1.82, 2.24) is 5.32 Å². The number of alkyl halides is 3. The van der Waals surface area contributed by atoms with Crippen molar-refractivity contribution in [3.8, 4) is 0 Å². The van der Waals surface area contributed by atoms with Gasteiger partial charge in [0.1, 0.15) is 0 Å². The summed E-state index contributed by atoms with van der Waals surface area (Å²) >= 11 is 0. The fraction of sp³-hybridized carbons (Fsp3) is 0.571. The Morgan fingerprint density at radius 2 is 1.72 bits per heavy atom. The van der Waals surface area contributed by atoms with E-state index in [1.807, 2.05) is 0 Å². The Morgan fingerprint density at radius 1 is 1.11 bits per heavy atom. The Hall–Kier alpha value is -1.03. The summed E-state index contributed by atoms with van der Waals surface area (Å²) in [6.07, 6.45) is -4.28. The third-order valence-electron chi connectivity index (χ3n) is 3.24. The molecule has 1 aromatic carbocycles. The van der Waals surface area contributed by atoms with Gasteiger partial charge in [-0.1, -0.05) is 39.0 Å². The minimum absolute atomic E-state index is 0.257. The van der Waals surface area contributed by atoms with Crippen molar-refractivity contribution in [1.29, 1.82) is 0 Å². The minimum atomic E-state index is -4.28. The number of nitrogens with one attached hydrogen (secondary N) is 1. The Morgan fingerprint density at radius 3 is 2.28 bits per heavy atom. The Labute approximate surface area is 106 Å². The van der Waals surface area contributed by atoms with Gasteiger partial charge in [-0.15, -0.1) is 0 Å². The second-order valence-electron chi connectivity index (χ2n) is 5.01. The highest BCUT2D eigenvalue weighted by Crippen LogP contribution is 2.31. The summed E-state index contributed by atoms with van der Waals surface area (Å²) < 4.78 is 38.2. The summed E-state index contributed by atoms with van der Waals surface area (Å²) in [6.45, 7) is 7.29. The molecular formula is C14H20F3N. The SMILES string of the molecule is CC(C)C(C)CNCc1ccccc1C(F)(F)F. The molecule has 0 saturated carbocycles.